The van der Waals surface area contributed by atoms with E-state index in [0.29, 0.717) is 17.9 Å². The van der Waals surface area contributed by atoms with Crippen molar-refractivity contribution in [1.29, 1.82) is 0 Å². The van der Waals surface area contributed by atoms with Crippen molar-refractivity contribution in [2.45, 2.75) is 26.2 Å². The third-order valence-electron chi connectivity index (χ3n) is 5.57. The molecule has 0 atom stereocenters. The Kier molecular flexibility index (Phi) is 6.89. The highest BCUT2D eigenvalue weighted by atomic mass is 16.1. The number of hydrogen-bond acceptors (Lipinski definition) is 5. The van der Waals surface area contributed by atoms with Gasteiger partial charge in [-0.25, -0.2) is 9.97 Å². The summed E-state index contributed by atoms with van der Waals surface area (Å²) in [5.74, 6) is 0.636. The number of piperidine rings is 1. The van der Waals surface area contributed by atoms with Gasteiger partial charge in [0.2, 0.25) is 0 Å². The maximum absolute atomic E-state index is 12.6. The Morgan fingerprint density at radius 1 is 1.00 bits per heavy atom. The molecule has 0 aliphatic carbocycles. The molecule has 1 amide bonds. The Labute approximate surface area is 183 Å². The van der Waals surface area contributed by atoms with E-state index >= 15 is 0 Å². The van der Waals surface area contributed by atoms with E-state index in [-0.39, 0.29) is 5.91 Å². The molecule has 2 aromatic carbocycles. The van der Waals surface area contributed by atoms with Crippen LogP contribution in [0.1, 0.15) is 35.2 Å². The van der Waals surface area contributed by atoms with Crippen LogP contribution in [0.25, 0.3) is 11.3 Å². The molecule has 3 aromatic rings. The van der Waals surface area contributed by atoms with E-state index in [2.05, 4.69) is 56.7 Å². The van der Waals surface area contributed by atoms with Gasteiger partial charge in [0.25, 0.3) is 5.91 Å². The average Bonchev–Trinajstić information content (AvgIpc) is 2.80. The van der Waals surface area contributed by atoms with Crippen LogP contribution in [0.2, 0.25) is 0 Å². The molecule has 1 aromatic heterocycles. The number of rotatable bonds is 7. The maximum Gasteiger partial charge on any atom is 0.251 e. The first kappa shape index (κ1) is 21.0. The molecule has 2 N–H and O–H groups in total. The minimum absolute atomic E-state index is 0.0521. The molecule has 1 fully saturated rings. The lowest BCUT2D eigenvalue weighted by atomic mass is 10.1. The van der Waals surface area contributed by atoms with Crippen molar-refractivity contribution in [2.24, 2.45) is 0 Å². The van der Waals surface area contributed by atoms with Gasteiger partial charge in [0.15, 0.2) is 0 Å². The minimum Gasteiger partial charge on any atom is -0.351 e. The zero-order valence-corrected chi connectivity index (χ0v) is 18.0. The Hall–Kier alpha value is -3.25. The number of aromatic nitrogens is 2. The number of hydrogen-bond donors (Lipinski definition) is 2. The molecule has 0 radical (unpaired) electrons. The zero-order valence-electron chi connectivity index (χ0n) is 18.0. The standard InChI is InChI=1S/C25H29N5O/c1-19-8-10-20(11-9-19)23-17-24(28-18-27-23)29-22-7-5-6-21(16-22)25(31)26-12-15-30-13-3-2-4-14-30/h5-11,16-18H,2-4,12-15H2,1H3,(H,26,31)(H,27,28,29). The highest BCUT2D eigenvalue weighted by Gasteiger charge is 2.11. The van der Waals surface area contributed by atoms with Crippen LogP contribution in [-0.4, -0.2) is 47.0 Å². The molecular formula is C25H29N5O. The van der Waals surface area contributed by atoms with E-state index in [9.17, 15) is 4.79 Å². The van der Waals surface area contributed by atoms with E-state index in [1.54, 1.807) is 6.33 Å². The van der Waals surface area contributed by atoms with Gasteiger partial charge in [-0.3, -0.25) is 4.79 Å². The lowest BCUT2D eigenvalue weighted by Crippen LogP contribution is -2.37. The van der Waals surface area contributed by atoms with E-state index in [1.165, 1.54) is 24.8 Å². The van der Waals surface area contributed by atoms with Crippen molar-refractivity contribution >= 4 is 17.4 Å². The SMILES string of the molecule is Cc1ccc(-c2cc(Nc3cccc(C(=O)NCCN4CCCCC4)c3)ncn2)cc1. The Morgan fingerprint density at radius 3 is 2.61 bits per heavy atom. The first-order chi connectivity index (χ1) is 15.2. The van der Waals surface area contributed by atoms with Crippen LogP contribution in [0, 0.1) is 6.92 Å². The number of anilines is 2. The fourth-order valence-corrected chi connectivity index (χ4v) is 3.81. The summed E-state index contributed by atoms with van der Waals surface area (Å²) < 4.78 is 0. The summed E-state index contributed by atoms with van der Waals surface area (Å²) in [6, 6.07) is 17.6. The van der Waals surface area contributed by atoms with Crippen LogP contribution in [0.5, 0.6) is 0 Å². The summed E-state index contributed by atoms with van der Waals surface area (Å²) >= 11 is 0. The first-order valence-corrected chi connectivity index (χ1v) is 10.9. The fourth-order valence-electron chi connectivity index (χ4n) is 3.81. The van der Waals surface area contributed by atoms with Crippen LogP contribution in [0.15, 0.2) is 60.9 Å². The molecule has 160 valence electrons. The van der Waals surface area contributed by atoms with Crippen molar-refractivity contribution < 1.29 is 4.79 Å². The molecule has 1 aliphatic heterocycles. The maximum atomic E-state index is 12.6. The number of amides is 1. The van der Waals surface area contributed by atoms with Crippen molar-refractivity contribution in [1.82, 2.24) is 20.2 Å². The molecule has 31 heavy (non-hydrogen) atoms. The van der Waals surface area contributed by atoms with E-state index in [4.69, 9.17) is 0 Å². The van der Waals surface area contributed by atoms with Crippen molar-refractivity contribution in [2.75, 3.05) is 31.5 Å². The summed E-state index contributed by atoms with van der Waals surface area (Å²) in [4.78, 5) is 23.7. The predicted octanol–water partition coefficient (Wildman–Crippen LogP) is 4.41. The second-order valence-electron chi connectivity index (χ2n) is 8.02. The third-order valence-corrected chi connectivity index (χ3v) is 5.57. The highest BCUT2D eigenvalue weighted by molar-refractivity contribution is 5.95. The van der Waals surface area contributed by atoms with Crippen LogP contribution in [0.4, 0.5) is 11.5 Å². The molecule has 4 rings (SSSR count). The largest absolute Gasteiger partial charge is 0.351 e. The van der Waals surface area contributed by atoms with E-state index in [1.807, 2.05) is 30.3 Å². The number of carbonyl (C=O) groups excluding carboxylic acids is 1. The quantitative estimate of drug-likeness (QED) is 0.598. The van der Waals surface area contributed by atoms with Gasteiger partial charge < -0.3 is 15.5 Å². The second-order valence-corrected chi connectivity index (χ2v) is 8.02. The molecule has 1 aliphatic rings. The lowest BCUT2D eigenvalue weighted by molar-refractivity contribution is 0.0946. The topological polar surface area (TPSA) is 70.2 Å². The van der Waals surface area contributed by atoms with Crippen molar-refractivity contribution in [3.05, 3.63) is 72.1 Å². The Bertz CT molecular complexity index is 1010. The predicted molar refractivity (Wildman–Crippen MR) is 125 cm³/mol. The second kappa shape index (κ2) is 10.2. The van der Waals surface area contributed by atoms with Gasteiger partial charge >= 0.3 is 0 Å². The van der Waals surface area contributed by atoms with Crippen LogP contribution < -0.4 is 10.6 Å². The number of nitrogens with one attached hydrogen (secondary N) is 2. The average molecular weight is 416 g/mol. The first-order valence-electron chi connectivity index (χ1n) is 10.9. The summed E-state index contributed by atoms with van der Waals surface area (Å²) in [5.41, 5.74) is 4.55. The molecule has 0 bridgehead atoms. The fraction of sp³-hybridized carbons (Fsp3) is 0.320. The van der Waals surface area contributed by atoms with E-state index in [0.717, 1.165) is 36.6 Å². The summed E-state index contributed by atoms with van der Waals surface area (Å²) in [7, 11) is 0. The number of carbonyl (C=O) groups is 1. The van der Waals surface area contributed by atoms with Crippen molar-refractivity contribution in [3.63, 3.8) is 0 Å². The number of benzene rings is 2. The molecule has 2 heterocycles. The molecule has 0 spiro atoms. The van der Waals surface area contributed by atoms with Gasteiger partial charge in [0.05, 0.1) is 5.69 Å². The third kappa shape index (κ3) is 5.89. The van der Waals surface area contributed by atoms with E-state index < -0.39 is 0 Å². The number of likely N-dealkylation sites (tertiary alicyclic amines) is 1. The van der Waals surface area contributed by atoms with Gasteiger partial charge in [-0.2, -0.15) is 0 Å². The number of nitrogens with zero attached hydrogens (tertiary/aromatic N) is 3. The zero-order chi connectivity index (χ0) is 21.5. The molecular weight excluding hydrogens is 386 g/mol. The molecule has 0 unspecified atom stereocenters. The van der Waals surface area contributed by atoms with Crippen LogP contribution in [-0.2, 0) is 0 Å². The van der Waals surface area contributed by atoms with Gasteiger partial charge in [0.1, 0.15) is 12.1 Å². The Balaban J connectivity index is 1.37. The van der Waals surface area contributed by atoms with Gasteiger partial charge in [-0.1, -0.05) is 42.3 Å². The van der Waals surface area contributed by atoms with Gasteiger partial charge in [0, 0.05) is 36.0 Å². The molecule has 6 heteroatoms. The Morgan fingerprint density at radius 2 is 1.81 bits per heavy atom. The minimum atomic E-state index is -0.0521. The van der Waals surface area contributed by atoms with Crippen molar-refractivity contribution in [3.8, 4) is 11.3 Å². The number of aryl methyl sites for hydroxylation is 1. The van der Waals surface area contributed by atoms with Gasteiger partial charge in [-0.15, -0.1) is 0 Å². The summed E-state index contributed by atoms with van der Waals surface area (Å²) in [6.07, 6.45) is 5.39. The molecule has 0 saturated carbocycles. The van der Waals surface area contributed by atoms with Crippen LogP contribution in [0.3, 0.4) is 0 Å². The van der Waals surface area contributed by atoms with Crippen LogP contribution >= 0.6 is 0 Å². The lowest BCUT2D eigenvalue weighted by Gasteiger charge is -2.26. The monoisotopic (exact) mass is 415 g/mol. The normalized spacial score (nSPS) is 14.2. The highest BCUT2D eigenvalue weighted by Crippen LogP contribution is 2.22. The smallest absolute Gasteiger partial charge is 0.251 e. The van der Waals surface area contributed by atoms with Gasteiger partial charge in [-0.05, 0) is 51.1 Å². The molecule has 1 saturated heterocycles. The molecule has 6 nitrogen and oxygen atoms in total. The summed E-state index contributed by atoms with van der Waals surface area (Å²) in [5, 5.41) is 6.33. The summed E-state index contributed by atoms with van der Waals surface area (Å²) in [6.45, 7) is 5.92.